The number of benzene rings is 1. The van der Waals surface area contributed by atoms with Crippen LogP contribution in [0.4, 0.5) is 0 Å². The maximum atomic E-state index is 11.7. The Kier molecular flexibility index (Phi) is 3.40. The van der Waals surface area contributed by atoms with Crippen LogP contribution in [0.15, 0.2) is 30.5 Å². The molecule has 0 aliphatic heterocycles. The Bertz CT molecular complexity index is 622. The molecule has 0 saturated heterocycles. The van der Waals surface area contributed by atoms with Gasteiger partial charge in [0.1, 0.15) is 12.3 Å². The van der Waals surface area contributed by atoms with Gasteiger partial charge in [0.15, 0.2) is 6.29 Å². The second kappa shape index (κ2) is 4.85. The van der Waals surface area contributed by atoms with E-state index < -0.39 is 11.4 Å². The van der Waals surface area contributed by atoms with Gasteiger partial charge >= 0.3 is 0 Å². The van der Waals surface area contributed by atoms with Crippen LogP contribution in [0.5, 0.6) is 0 Å². The highest BCUT2D eigenvalue weighted by atomic mass is 16.7. The van der Waals surface area contributed by atoms with Gasteiger partial charge in [-0.3, -0.25) is 9.59 Å². The van der Waals surface area contributed by atoms with Gasteiger partial charge in [-0.25, -0.2) is 0 Å². The third kappa shape index (κ3) is 2.82. The number of aliphatic hydroxyl groups is 1. The molecule has 100 valence electrons. The van der Waals surface area contributed by atoms with Crippen LogP contribution in [-0.2, 0) is 4.79 Å². The molecule has 1 N–H and O–H groups in total. The number of nitrogens with zero attached hydrogens (tertiary/aromatic N) is 1. The van der Waals surface area contributed by atoms with E-state index >= 15 is 0 Å². The second-order valence-corrected chi connectivity index (χ2v) is 4.96. The predicted octanol–water partition coefficient (Wildman–Crippen LogP) is 1.22. The fraction of sp³-hybridized carbons (Fsp3) is 0.286. The Labute approximate surface area is 110 Å². The van der Waals surface area contributed by atoms with E-state index in [1.54, 1.807) is 32.2 Å². The van der Waals surface area contributed by atoms with Crippen molar-refractivity contribution < 1.29 is 19.5 Å². The monoisotopic (exact) mass is 261 g/mol. The van der Waals surface area contributed by atoms with Gasteiger partial charge in [-0.1, -0.05) is 24.3 Å². The minimum absolute atomic E-state index is 0.00707. The summed E-state index contributed by atoms with van der Waals surface area (Å²) in [6, 6.07) is 7.18. The molecule has 2 aromatic rings. The number of aromatic nitrogens is 1. The van der Waals surface area contributed by atoms with Crippen LogP contribution in [0, 0.1) is 0 Å². The Morgan fingerprint density at radius 2 is 2.11 bits per heavy atom. The first-order valence-electron chi connectivity index (χ1n) is 5.87. The molecule has 1 heterocycles. The molecule has 0 radical (unpaired) electrons. The molecule has 1 aromatic carbocycles. The molecule has 0 spiro atoms. The zero-order chi connectivity index (χ0) is 14.0. The smallest absolute Gasteiger partial charge is 0.245 e. The Balaban J connectivity index is 2.47. The number of ketones is 1. The zero-order valence-electron chi connectivity index (χ0n) is 10.8. The van der Waals surface area contributed by atoms with Crippen molar-refractivity contribution in [3.8, 4) is 0 Å². The van der Waals surface area contributed by atoms with E-state index in [0.717, 1.165) is 5.39 Å². The van der Waals surface area contributed by atoms with Crippen molar-refractivity contribution in [3.63, 3.8) is 0 Å². The lowest BCUT2D eigenvalue weighted by molar-refractivity contribution is -0.104. The molecule has 2 rings (SSSR count). The SMILES string of the molecule is CC(C)(O)COn1cc2ccccc2c1C(=O)C=O. The second-order valence-electron chi connectivity index (χ2n) is 4.96. The van der Waals surface area contributed by atoms with Crippen LogP contribution in [0.25, 0.3) is 10.8 Å². The number of Topliss-reactive ketones (excluding diaryl/α,β-unsaturated/α-hetero) is 1. The fourth-order valence-electron chi connectivity index (χ4n) is 1.76. The van der Waals surface area contributed by atoms with E-state index in [1.165, 1.54) is 4.73 Å². The minimum Gasteiger partial charge on any atom is -0.411 e. The highest BCUT2D eigenvalue weighted by Gasteiger charge is 2.19. The molecule has 0 aliphatic rings. The summed E-state index contributed by atoms with van der Waals surface area (Å²) in [7, 11) is 0. The molecule has 0 saturated carbocycles. The molecule has 0 atom stereocenters. The molecule has 5 heteroatoms. The summed E-state index contributed by atoms with van der Waals surface area (Å²) in [6.07, 6.45) is 1.88. The number of carbonyl (C=O) groups is 2. The number of hydrogen-bond donors (Lipinski definition) is 1. The lowest BCUT2D eigenvalue weighted by Gasteiger charge is -2.18. The van der Waals surface area contributed by atoms with E-state index in [0.29, 0.717) is 5.39 Å². The van der Waals surface area contributed by atoms with Crippen LogP contribution in [0.3, 0.4) is 0 Å². The summed E-state index contributed by atoms with van der Waals surface area (Å²) in [5.74, 6) is -0.656. The molecule has 19 heavy (non-hydrogen) atoms. The Hall–Kier alpha value is -2.14. The summed E-state index contributed by atoms with van der Waals surface area (Å²) in [4.78, 5) is 27.8. The largest absolute Gasteiger partial charge is 0.411 e. The van der Waals surface area contributed by atoms with Crippen molar-refractivity contribution in [3.05, 3.63) is 36.2 Å². The van der Waals surface area contributed by atoms with Gasteiger partial charge in [-0.15, -0.1) is 0 Å². The van der Waals surface area contributed by atoms with E-state index in [2.05, 4.69) is 0 Å². The van der Waals surface area contributed by atoms with Crippen LogP contribution in [-0.4, -0.2) is 34.1 Å². The van der Waals surface area contributed by atoms with Gasteiger partial charge in [-0.2, -0.15) is 4.73 Å². The maximum absolute atomic E-state index is 11.7. The highest BCUT2D eigenvalue weighted by Crippen LogP contribution is 2.20. The van der Waals surface area contributed by atoms with Crippen LogP contribution in [0.1, 0.15) is 24.3 Å². The molecule has 0 bridgehead atoms. The van der Waals surface area contributed by atoms with Crippen molar-refractivity contribution in [2.24, 2.45) is 0 Å². The van der Waals surface area contributed by atoms with Crippen molar-refractivity contribution in [2.45, 2.75) is 19.4 Å². The molecule has 0 amide bonds. The van der Waals surface area contributed by atoms with Crippen molar-refractivity contribution in [1.82, 2.24) is 4.73 Å². The standard InChI is InChI=1S/C14H15NO4/c1-14(2,18)9-19-15-7-10-5-3-4-6-11(10)13(15)12(17)8-16/h3-8,18H,9H2,1-2H3. The first-order valence-corrected chi connectivity index (χ1v) is 5.87. The number of fused-ring (bicyclic) bond motifs is 1. The van der Waals surface area contributed by atoms with Gasteiger partial charge in [0.2, 0.25) is 5.78 Å². The van der Waals surface area contributed by atoms with Crippen LogP contribution >= 0.6 is 0 Å². The van der Waals surface area contributed by atoms with Gasteiger partial charge in [0.05, 0.1) is 11.8 Å². The third-order valence-electron chi connectivity index (χ3n) is 2.59. The van der Waals surface area contributed by atoms with Crippen LogP contribution in [0.2, 0.25) is 0 Å². The lowest BCUT2D eigenvalue weighted by atomic mass is 10.1. The predicted molar refractivity (Wildman–Crippen MR) is 70.1 cm³/mol. The van der Waals surface area contributed by atoms with Crippen molar-refractivity contribution in [1.29, 1.82) is 0 Å². The normalized spacial score (nSPS) is 11.5. The summed E-state index contributed by atoms with van der Waals surface area (Å²) in [6.45, 7) is 3.20. The average Bonchev–Trinajstić information content (AvgIpc) is 2.73. The minimum atomic E-state index is -1.03. The zero-order valence-corrected chi connectivity index (χ0v) is 10.8. The van der Waals surface area contributed by atoms with Crippen LogP contribution < -0.4 is 4.84 Å². The lowest BCUT2D eigenvalue weighted by Crippen LogP contribution is -2.32. The first-order chi connectivity index (χ1) is 8.92. The summed E-state index contributed by atoms with van der Waals surface area (Å²) in [5.41, 5.74) is -0.854. The van der Waals surface area contributed by atoms with Gasteiger partial charge in [0, 0.05) is 10.8 Å². The highest BCUT2D eigenvalue weighted by molar-refractivity contribution is 6.35. The number of hydrogen-bond acceptors (Lipinski definition) is 4. The first kappa shape index (κ1) is 13.3. The quantitative estimate of drug-likeness (QED) is 0.499. The maximum Gasteiger partial charge on any atom is 0.245 e. The summed E-state index contributed by atoms with van der Waals surface area (Å²) < 4.78 is 1.25. The van der Waals surface area contributed by atoms with Gasteiger partial charge < -0.3 is 9.94 Å². The molecular weight excluding hydrogens is 246 g/mol. The van der Waals surface area contributed by atoms with Crippen molar-refractivity contribution >= 4 is 22.8 Å². The summed E-state index contributed by atoms with van der Waals surface area (Å²) in [5, 5.41) is 11.1. The molecule has 0 unspecified atom stereocenters. The van der Waals surface area contributed by atoms with Gasteiger partial charge in [0.25, 0.3) is 0 Å². The van der Waals surface area contributed by atoms with E-state index in [9.17, 15) is 14.7 Å². The van der Waals surface area contributed by atoms with E-state index in [-0.39, 0.29) is 18.6 Å². The molecule has 1 aromatic heterocycles. The number of rotatable bonds is 5. The van der Waals surface area contributed by atoms with E-state index in [1.807, 2.05) is 12.1 Å². The summed E-state index contributed by atoms with van der Waals surface area (Å²) >= 11 is 0. The molecule has 0 fully saturated rings. The Morgan fingerprint density at radius 3 is 2.74 bits per heavy atom. The number of carbonyl (C=O) groups excluding carboxylic acids is 2. The average molecular weight is 261 g/mol. The number of aldehydes is 1. The topological polar surface area (TPSA) is 68.5 Å². The van der Waals surface area contributed by atoms with E-state index in [4.69, 9.17) is 4.84 Å². The molecule has 5 nitrogen and oxygen atoms in total. The van der Waals surface area contributed by atoms with Crippen molar-refractivity contribution in [2.75, 3.05) is 6.61 Å². The Morgan fingerprint density at radius 1 is 1.42 bits per heavy atom. The fourth-order valence-corrected chi connectivity index (χ4v) is 1.76. The van der Waals surface area contributed by atoms with Gasteiger partial charge in [-0.05, 0) is 13.8 Å². The molecular formula is C14H15NO4. The molecule has 0 aliphatic carbocycles. The third-order valence-corrected chi connectivity index (χ3v) is 2.59.